The number of thioether (sulfide) groups is 1. The van der Waals surface area contributed by atoms with Crippen LogP contribution in [0.3, 0.4) is 0 Å². The number of hydrogen-bond donors (Lipinski definition) is 1. The molecular formula is C12H17N3O2S. The minimum atomic E-state index is -0.932. The van der Waals surface area contributed by atoms with Crippen molar-refractivity contribution in [2.45, 2.75) is 6.92 Å². The summed E-state index contributed by atoms with van der Waals surface area (Å²) in [6.45, 7) is 3.87. The van der Waals surface area contributed by atoms with Crippen LogP contribution in [0.5, 0.6) is 0 Å². The zero-order valence-electron chi connectivity index (χ0n) is 10.6. The normalized spacial score (nSPS) is 16.4. The van der Waals surface area contributed by atoms with Crippen LogP contribution in [0.25, 0.3) is 6.08 Å². The maximum absolute atomic E-state index is 10.6. The molecule has 18 heavy (non-hydrogen) atoms. The summed E-state index contributed by atoms with van der Waals surface area (Å²) in [7, 11) is 1.90. The van der Waals surface area contributed by atoms with Crippen molar-refractivity contribution in [2.75, 3.05) is 29.5 Å². The molecule has 2 rings (SSSR count). The minimum absolute atomic E-state index is 0.864. The summed E-state index contributed by atoms with van der Waals surface area (Å²) in [4.78, 5) is 12.9. The summed E-state index contributed by atoms with van der Waals surface area (Å²) in [5, 5.41) is 13.1. The smallest absolute Gasteiger partial charge is 0.328 e. The van der Waals surface area contributed by atoms with Gasteiger partial charge in [0.05, 0.1) is 5.69 Å². The molecule has 2 heterocycles. The van der Waals surface area contributed by atoms with Crippen molar-refractivity contribution < 1.29 is 9.90 Å². The van der Waals surface area contributed by atoms with Crippen molar-refractivity contribution in [3.8, 4) is 0 Å². The lowest BCUT2D eigenvalue weighted by Gasteiger charge is -2.28. The number of anilines is 1. The largest absolute Gasteiger partial charge is 0.478 e. The van der Waals surface area contributed by atoms with E-state index >= 15 is 0 Å². The molecule has 1 aliphatic heterocycles. The van der Waals surface area contributed by atoms with Crippen molar-refractivity contribution in [3.05, 3.63) is 17.3 Å². The number of hydrogen-bond acceptors (Lipinski definition) is 4. The summed E-state index contributed by atoms with van der Waals surface area (Å²) in [5.41, 5.74) is 1.77. The molecule has 1 aromatic heterocycles. The molecule has 0 aliphatic carbocycles. The average molecular weight is 267 g/mol. The molecule has 5 nitrogen and oxygen atoms in total. The van der Waals surface area contributed by atoms with E-state index in [1.807, 2.05) is 30.4 Å². The number of nitrogens with zero attached hydrogens (tertiary/aromatic N) is 3. The molecule has 0 bridgehead atoms. The molecule has 1 N–H and O–H groups in total. The van der Waals surface area contributed by atoms with Crippen molar-refractivity contribution in [2.24, 2.45) is 7.05 Å². The number of aryl methyl sites for hydroxylation is 2. The first kappa shape index (κ1) is 13.0. The molecule has 0 radical (unpaired) electrons. The summed E-state index contributed by atoms with van der Waals surface area (Å²) in [6, 6.07) is 0. The van der Waals surface area contributed by atoms with Gasteiger partial charge in [-0.3, -0.25) is 4.68 Å². The molecule has 0 unspecified atom stereocenters. The van der Waals surface area contributed by atoms with Gasteiger partial charge in [0, 0.05) is 43.3 Å². The van der Waals surface area contributed by atoms with Crippen molar-refractivity contribution in [1.29, 1.82) is 0 Å². The van der Waals surface area contributed by atoms with E-state index in [0.717, 1.165) is 41.7 Å². The van der Waals surface area contributed by atoms with E-state index in [-0.39, 0.29) is 0 Å². The average Bonchev–Trinajstić information content (AvgIpc) is 2.62. The highest BCUT2D eigenvalue weighted by atomic mass is 32.2. The van der Waals surface area contributed by atoms with Gasteiger partial charge in [-0.15, -0.1) is 0 Å². The molecule has 6 heteroatoms. The van der Waals surface area contributed by atoms with E-state index in [9.17, 15) is 4.79 Å². The molecule has 0 atom stereocenters. The van der Waals surface area contributed by atoms with Crippen LogP contribution in [0.15, 0.2) is 6.08 Å². The molecule has 0 saturated carbocycles. The van der Waals surface area contributed by atoms with Gasteiger partial charge in [0.1, 0.15) is 5.82 Å². The maximum atomic E-state index is 10.6. The third kappa shape index (κ3) is 2.69. The van der Waals surface area contributed by atoms with E-state index in [0.29, 0.717) is 0 Å². The van der Waals surface area contributed by atoms with Crippen LogP contribution in [0, 0.1) is 6.92 Å². The van der Waals surface area contributed by atoms with E-state index in [2.05, 4.69) is 10.00 Å². The van der Waals surface area contributed by atoms with Crippen molar-refractivity contribution in [1.82, 2.24) is 9.78 Å². The van der Waals surface area contributed by atoms with Crippen LogP contribution >= 0.6 is 11.8 Å². The molecule has 0 spiro atoms. The third-order valence-electron chi connectivity index (χ3n) is 2.94. The second-order valence-corrected chi connectivity index (χ2v) is 5.44. The number of carboxylic acids is 1. The van der Waals surface area contributed by atoms with Gasteiger partial charge in [-0.25, -0.2) is 4.79 Å². The number of carboxylic acid groups (broad SMARTS) is 1. The maximum Gasteiger partial charge on any atom is 0.328 e. The number of aliphatic carboxylic acids is 1. The van der Waals surface area contributed by atoms with E-state index in [1.165, 1.54) is 6.08 Å². The standard InChI is InChI=1S/C12H17N3O2S/c1-9-10(3-4-11(16)17)12(14(2)13-9)15-5-7-18-8-6-15/h3-4H,5-8H2,1-2H3,(H,16,17)/b4-3+. The highest BCUT2D eigenvalue weighted by Gasteiger charge is 2.19. The Bertz CT molecular complexity index is 476. The fourth-order valence-electron chi connectivity index (χ4n) is 2.16. The first-order valence-electron chi connectivity index (χ1n) is 5.87. The fourth-order valence-corrected chi connectivity index (χ4v) is 3.07. The first-order valence-corrected chi connectivity index (χ1v) is 7.02. The Morgan fingerprint density at radius 1 is 1.44 bits per heavy atom. The van der Waals surface area contributed by atoms with E-state index in [1.54, 1.807) is 6.08 Å². The Kier molecular flexibility index (Phi) is 3.96. The lowest BCUT2D eigenvalue weighted by Crippen LogP contribution is -2.34. The highest BCUT2D eigenvalue weighted by molar-refractivity contribution is 7.99. The van der Waals surface area contributed by atoms with E-state index in [4.69, 9.17) is 5.11 Å². The third-order valence-corrected chi connectivity index (χ3v) is 3.88. The molecule has 0 aromatic carbocycles. The quantitative estimate of drug-likeness (QED) is 0.838. The van der Waals surface area contributed by atoms with Gasteiger partial charge in [-0.2, -0.15) is 16.9 Å². The predicted molar refractivity (Wildman–Crippen MR) is 74.2 cm³/mol. The van der Waals surface area contributed by atoms with Gasteiger partial charge in [0.15, 0.2) is 0 Å². The first-order chi connectivity index (χ1) is 8.59. The topological polar surface area (TPSA) is 58.4 Å². The molecule has 1 saturated heterocycles. The highest BCUT2D eigenvalue weighted by Crippen LogP contribution is 2.26. The van der Waals surface area contributed by atoms with Crippen LogP contribution in [0.4, 0.5) is 5.82 Å². The second kappa shape index (κ2) is 5.48. The summed E-state index contributed by atoms with van der Waals surface area (Å²) in [5.74, 6) is 2.29. The lowest BCUT2D eigenvalue weighted by atomic mass is 10.2. The number of rotatable bonds is 3. The van der Waals surface area contributed by atoms with Crippen LogP contribution in [-0.4, -0.2) is 45.5 Å². The SMILES string of the molecule is Cc1nn(C)c(N2CCSCC2)c1/C=C/C(=O)O. The Hall–Kier alpha value is -1.43. The van der Waals surface area contributed by atoms with Crippen molar-refractivity contribution in [3.63, 3.8) is 0 Å². The Morgan fingerprint density at radius 3 is 2.72 bits per heavy atom. The summed E-state index contributed by atoms with van der Waals surface area (Å²) >= 11 is 1.95. The Balaban J connectivity index is 2.35. The van der Waals surface area contributed by atoms with Gasteiger partial charge in [-0.05, 0) is 13.0 Å². The molecule has 98 valence electrons. The lowest BCUT2D eigenvalue weighted by molar-refractivity contribution is -0.131. The molecular weight excluding hydrogens is 250 g/mol. The van der Waals surface area contributed by atoms with Crippen LogP contribution < -0.4 is 4.90 Å². The summed E-state index contributed by atoms with van der Waals surface area (Å²) < 4.78 is 1.84. The van der Waals surface area contributed by atoms with E-state index < -0.39 is 5.97 Å². The van der Waals surface area contributed by atoms with Crippen LogP contribution in [0.1, 0.15) is 11.3 Å². The zero-order valence-corrected chi connectivity index (χ0v) is 11.4. The Morgan fingerprint density at radius 2 is 2.11 bits per heavy atom. The summed E-state index contributed by atoms with van der Waals surface area (Å²) in [6.07, 6.45) is 2.81. The van der Waals surface area contributed by atoms with Gasteiger partial charge < -0.3 is 10.0 Å². The minimum Gasteiger partial charge on any atom is -0.478 e. The van der Waals surface area contributed by atoms with Gasteiger partial charge in [-0.1, -0.05) is 0 Å². The predicted octanol–water partition coefficient (Wildman–Crippen LogP) is 1.38. The molecule has 1 aromatic rings. The fraction of sp³-hybridized carbons (Fsp3) is 0.500. The van der Waals surface area contributed by atoms with Gasteiger partial charge in [0.25, 0.3) is 0 Å². The molecule has 1 aliphatic rings. The second-order valence-electron chi connectivity index (χ2n) is 4.22. The zero-order chi connectivity index (χ0) is 13.1. The monoisotopic (exact) mass is 267 g/mol. The Labute approximate surface area is 110 Å². The van der Waals surface area contributed by atoms with Gasteiger partial charge in [0.2, 0.25) is 0 Å². The number of aromatic nitrogens is 2. The van der Waals surface area contributed by atoms with Crippen LogP contribution in [-0.2, 0) is 11.8 Å². The molecule has 0 amide bonds. The van der Waals surface area contributed by atoms with Crippen molar-refractivity contribution >= 4 is 29.6 Å². The van der Waals surface area contributed by atoms with Gasteiger partial charge >= 0.3 is 5.97 Å². The number of carbonyl (C=O) groups is 1. The van der Waals surface area contributed by atoms with Crippen LogP contribution in [0.2, 0.25) is 0 Å². The molecule has 1 fully saturated rings.